The molecule has 1 N–H and O–H groups in total. The number of aliphatic hydroxyl groups is 1. The topological polar surface area (TPSA) is 47.9 Å². The van der Waals surface area contributed by atoms with Crippen LogP contribution in [0.5, 0.6) is 17.2 Å². The molecule has 4 nitrogen and oxygen atoms in total. The molecule has 0 unspecified atom stereocenters. The van der Waals surface area contributed by atoms with E-state index in [1.54, 1.807) is 14.2 Å². The Morgan fingerprint density at radius 3 is 1.86 bits per heavy atom. The van der Waals surface area contributed by atoms with Crippen molar-refractivity contribution in [3.05, 3.63) is 167 Å². The molecule has 290 valence electrons. The fourth-order valence-corrected chi connectivity index (χ4v) is 11.7. The zero-order valence-electron chi connectivity index (χ0n) is 34.3. The van der Waals surface area contributed by atoms with Crippen molar-refractivity contribution >= 4 is 27.6 Å². The van der Waals surface area contributed by atoms with Crippen molar-refractivity contribution in [2.24, 2.45) is 10.8 Å². The molecule has 0 saturated heterocycles. The molecule has 2 aliphatic carbocycles. The summed E-state index contributed by atoms with van der Waals surface area (Å²) >= 11 is 0. The molecule has 0 aromatic heterocycles. The largest absolute Gasteiger partial charge is 0.497 e. The van der Waals surface area contributed by atoms with Crippen molar-refractivity contribution < 1.29 is 19.3 Å². The van der Waals surface area contributed by atoms with Gasteiger partial charge in [0.2, 0.25) is 0 Å². The lowest BCUT2D eigenvalue weighted by Gasteiger charge is -2.52. The van der Waals surface area contributed by atoms with Crippen LogP contribution in [0, 0.1) is 10.8 Å². The molecule has 3 aliphatic rings. The second kappa shape index (κ2) is 13.1. The predicted molar refractivity (Wildman–Crippen MR) is 237 cm³/mol. The monoisotopic (exact) mass is 762 g/mol. The number of hydrogen-bond donors (Lipinski definition) is 1. The minimum Gasteiger partial charge on any atom is -0.497 e. The van der Waals surface area contributed by atoms with Crippen molar-refractivity contribution in [3.8, 4) is 39.5 Å². The van der Waals surface area contributed by atoms with Crippen molar-refractivity contribution in [1.29, 1.82) is 0 Å². The van der Waals surface area contributed by atoms with Crippen LogP contribution in [0.3, 0.4) is 0 Å². The van der Waals surface area contributed by atoms with Crippen LogP contribution in [0.1, 0.15) is 80.3 Å². The number of fused-ring (bicyclic) bond motifs is 11. The van der Waals surface area contributed by atoms with E-state index >= 15 is 0 Å². The number of ether oxygens (including phenoxy) is 3. The molecule has 1 aliphatic heterocycles. The Morgan fingerprint density at radius 1 is 0.603 bits per heavy atom. The molecule has 7 aromatic rings. The van der Waals surface area contributed by atoms with Gasteiger partial charge >= 0.3 is 0 Å². The molecular weight excluding hydrogens is 713 g/mol. The van der Waals surface area contributed by atoms with Gasteiger partial charge in [0.05, 0.1) is 20.8 Å². The van der Waals surface area contributed by atoms with Crippen molar-refractivity contribution in [3.63, 3.8) is 0 Å². The first-order valence-electron chi connectivity index (χ1n) is 20.5. The molecule has 1 saturated carbocycles. The van der Waals surface area contributed by atoms with Gasteiger partial charge in [-0.25, -0.2) is 0 Å². The van der Waals surface area contributed by atoms with Crippen molar-refractivity contribution in [1.82, 2.24) is 0 Å². The van der Waals surface area contributed by atoms with E-state index < -0.39 is 5.60 Å². The van der Waals surface area contributed by atoms with Gasteiger partial charge in [0.25, 0.3) is 0 Å². The third kappa shape index (κ3) is 5.45. The lowest BCUT2D eigenvalue weighted by Crippen LogP contribution is -2.44. The van der Waals surface area contributed by atoms with E-state index in [2.05, 4.69) is 143 Å². The number of rotatable bonds is 6. The zero-order valence-corrected chi connectivity index (χ0v) is 34.3. The van der Waals surface area contributed by atoms with Crippen LogP contribution in [0.4, 0.5) is 0 Å². The molecule has 10 rings (SSSR count). The average Bonchev–Trinajstić information content (AvgIpc) is 3.50. The number of methoxy groups -OCH3 is 2. The van der Waals surface area contributed by atoms with Gasteiger partial charge in [-0.3, -0.25) is 0 Å². The molecule has 4 heteroatoms. The molecule has 1 spiro atoms. The number of benzene rings is 7. The molecule has 7 aromatic carbocycles. The summed E-state index contributed by atoms with van der Waals surface area (Å²) in [7, 11) is 3.40. The summed E-state index contributed by atoms with van der Waals surface area (Å²) in [5.74, 6) is 2.44. The minimum absolute atomic E-state index is 0.0877. The van der Waals surface area contributed by atoms with Crippen molar-refractivity contribution in [2.45, 2.75) is 64.6 Å². The van der Waals surface area contributed by atoms with Crippen LogP contribution in [-0.4, -0.2) is 19.3 Å². The predicted octanol–water partition coefficient (Wildman–Crippen LogP) is 13.0. The lowest BCUT2D eigenvalue weighted by atomic mass is 9.52. The Labute approximate surface area is 341 Å². The van der Waals surface area contributed by atoms with E-state index in [9.17, 15) is 5.11 Å². The van der Waals surface area contributed by atoms with Gasteiger partial charge in [-0.05, 0) is 128 Å². The highest BCUT2D eigenvalue weighted by Crippen LogP contribution is 2.67. The van der Waals surface area contributed by atoms with Gasteiger partial charge < -0.3 is 19.3 Å². The first kappa shape index (κ1) is 36.5. The summed E-state index contributed by atoms with van der Waals surface area (Å²) in [5.41, 5.74) is 10.4. The lowest BCUT2D eigenvalue weighted by molar-refractivity contribution is 0.0642. The Morgan fingerprint density at radius 2 is 1.21 bits per heavy atom. The molecule has 0 atom stereocenters. The van der Waals surface area contributed by atoms with Gasteiger partial charge in [0.1, 0.15) is 17.2 Å². The fourth-order valence-electron chi connectivity index (χ4n) is 11.7. The normalized spacial score (nSPS) is 17.7. The van der Waals surface area contributed by atoms with Crippen LogP contribution in [0.15, 0.2) is 133 Å². The first-order valence-corrected chi connectivity index (χ1v) is 20.5. The second-order valence-electron chi connectivity index (χ2n) is 18.3. The zero-order chi connectivity index (χ0) is 40.0. The average molecular weight is 763 g/mol. The van der Waals surface area contributed by atoms with Crippen molar-refractivity contribution in [2.75, 3.05) is 14.2 Å². The van der Waals surface area contributed by atoms with Gasteiger partial charge in [0.15, 0.2) is 5.60 Å². The molecule has 0 bridgehead atoms. The summed E-state index contributed by atoms with van der Waals surface area (Å²) in [6.45, 7) is 9.73. The Kier molecular flexibility index (Phi) is 8.24. The molecule has 0 amide bonds. The minimum atomic E-state index is -0.967. The Hall–Kier alpha value is -5.84. The number of aliphatic hydroxyl groups excluding tert-OH is 1. The Balaban J connectivity index is 1.34. The second-order valence-corrected chi connectivity index (χ2v) is 18.3. The highest BCUT2D eigenvalue weighted by Gasteiger charge is 2.55. The Bertz CT molecular complexity index is 2720. The SMILES string of the molecule is COc1ccc(C2(c3ccc(OC)cc3)C=Cc3c4c(c5cc(CO)c(-c6cccc7ccccc67)cc5c3O2)-c2ccccc2C42CC(C)(C)CC(C)(C)C2)cc1. The van der Waals surface area contributed by atoms with Gasteiger partial charge in [-0.1, -0.05) is 125 Å². The van der Waals surface area contributed by atoms with Gasteiger partial charge in [-0.15, -0.1) is 0 Å². The summed E-state index contributed by atoms with van der Waals surface area (Å²) in [6, 6.07) is 45.2. The van der Waals surface area contributed by atoms with Crippen LogP contribution in [0.25, 0.3) is 49.9 Å². The summed E-state index contributed by atoms with van der Waals surface area (Å²) in [6.07, 6.45) is 7.85. The molecule has 0 radical (unpaired) electrons. The van der Waals surface area contributed by atoms with E-state index in [0.29, 0.717) is 0 Å². The molecule has 58 heavy (non-hydrogen) atoms. The van der Waals surface area contributed by atoms with Gasteiger partial charge in [0, 0.05) is 27.5 Å². The molecule has 1 heterocycles. The van der Waals surface area contributed by atoms with E-state index in [1.165, 1.54) is 22.3 Å². The maximum Gasteiger partial charge on any atom is 0.178 e. The van der Waals surface area contributed by atoms with E-state index in [0.717, 1.165) is 91.4 Å². The summed E-state index contributed by atoms with van der Waals surface area (Å²) < 4.78 is 19.1. The molecular formula is C54H50O4. The fraction of sp³-hybridized carbons (Fsp3) is 0.259. The number of hydrogen-bond acceptors (Lipinski definition) is 4. The highest BCUT2D eigenvalue weighted by molar-refractivity contribution is 6.11. The third-order valence-electron chi connectivity index (χ3n) is 13.3. The summed E-state index contributed by atoms with van der Waals surface area (Å²) in [4.78, 5) is 0. The third-order valence-corrected chi connectivity index (χ3v) is 13.3. The molecule has 1 fully saturated rings. The van der Waals surface area contributed by atoms with Gasteiger partial charge in [-0.2, -0.15) is 0 Å². The van der Waals surface area contributed by atoms with Crippen LogP contribution in [-0.2, 0) is 17.6 Å². The van der Waals surface area contributed by atoms with E-state index in [4.69, 9.17) is 14.2 Å². The van der Waals surface area contributed by atoms with Crippen LogP contribution in [0.2, 0.25) is 0 Å². The highest BCUT2D eigenvalue weighted by atomic mass is 16.5. The maximum absolute atomic E-state index is 11.3. The first-order chi connectivity index (χ1) is 28.0. The smallest absolute Gasteiger partial charge is 0.178 e. The maximum atomic E-state index is 11.3. The standard InChI is InChI=1S/C54H50O4/c1-51(2)31-52(3,4)33-53(32-51)47-17-10-9-15-42(47)48-45-28-35(30-55)44(41-16-11-13-34-12-7-8-14-40(34)41)29-46(45)50-43(49(48)53)26-27-54(58-50,36-18-22-38(56-5)23-19-36)37-20-24-39(57-6)25-21-37/h7-29,55H,30-33H2,1-6H3. The quantitative estimate of drug-likeness (QED) is 0.183. The van der Waals surface area contributed by atoms with E-state index in [1.807, 2.05) is 24.3 Å². The van der Waals surface area contributed by atoms with E-state index in [-0.39, 0.29) is 22.9 Å². The van der Waals surface area contributed by atoms with Crippen LogP contribution >= 0.6 is 0 Å². The van der Waals surface area contributed by atoms with Crippen LogP contribution < -0.4 is 14.2 Å². The summed E-state index contributed by atoms with van der Waals surface area (Å²) in [5, 5.41) is 15.7.